The highest BCUT2D eigenvalue weighted by atomic mass is 16.2. The lowest BCUT2D eigenvalue weighted by molar-refractivity contribution is -0.152. The zero-order valence-electron chi connectivity index (χ0n) is 11.9. The molecule has 0 saturated carbocycles. The SMILES string of the molecule is CC1(C)CC(=O)N(CCC(=O)c2ccccc2)C(=O)C1. The number of hydrogen-bond acceptors (Lipinski definition) is 3. The first-order chi connectivity index (χ1) is 9.39. The number of benzene rings is 1. The van der Waals surface area contributed by atoms with E-state index in [1.54, 1.807) is 24.3 Å². The molecule has 0 spiro atoms. The maximum absolute atomic E-state index is 12.0. The average molecular weight is 273 g/mol. The normalized spacial score (nSPS) is 18.2. The first-order valence-electron chi connectivity index (χ1n) is 6.80. The molecule has 2 amide bonds. The summed E-state index contributed by atoms with van der Waals surface area (Å²) in [7, 11) is 0. The maximum Gasteiger partial charge on any atom is 0.229 e. The van der Waals surface area contributed by atoms with Crippen LogP contribution in [0, 0.1) is 5.41 Å². The van der Waals surface area contributed by atoms with Crippen LogP contribution in [-0.4, -0.2) is 29.0 Å². The molecule has 1 heterocycles. The van der Waals surface area contributed by atoms with Gasteiger partial charge in [0.25, 0.3) is 0 Å². The zero-order valence-corrected chi connectivity index (χ0v) is 11.9. The molecule has 0 N–H and O–H groups in total. The Hall–Kier alpha value is -1.97. The monoisotopic (exact) mass is 273 g/mol. The highest BCUT2D eigenvalue weighted by molar-refractivity contribution is 6.00. The Morgan fingerprint density at radius 3 is 2.20 bits per heavy atom. The standard InChI is InChI=1S/C16H19NO3/c1-16(2)10-14(19)17(15(20)11-16)9-8-13(18)12-6-4-3-5-7-12/h3-7H,8-11H2,1-2H3. The molecule has 1 saturated heterocycles. The third-order valence-corrected chi connectivity index (χ3v) is 3.52. The molecule has 1 aliphatic rings. The molecular weight excluding hydrogens is 254 g/mol. The molecule has 1 fully saturated rings. The van der Waals surface area contributed by atoms with E-state index in [2.05, 4.69) is 0 Å². The van der Waals surface area contributed by atoms with E-state index in [4.69, 9.17) is 0 Å². The Morgan fingerprint density at radius 1 is 1.10 bits per heavy atom. The number of Topliss-reactive ketones (excluding diaryl/α,β-unsaturated/α-hetero) is 1. The van der Waals surface area contributed by atoms with Gasteiger partial charge in [-0.1, -0.05) is 44.2 Å². The Balaban J connectivity index is 1.96. The van der Waals surface area contributed by atoms with Gasteiger partial charge in [0.1, 0.15) is 0 Å². The molecule has 1 aliphatic heterocycles. The first-order valence-corrected chi connectivity index (χ1v) is 6.80. The van der Waals surface area contributed by atoms with Gasteiger partial charge in [0.05, 0.1) is 0 Å². The van der Waals surface area contributed by atoms with Crippen molar-refractivity contribution in [2.45, 2.75) is 33.1 Å². The van der Waals surface area contributed by atoms with Crippen molar-refractivity contribution in [3.63, 3.8) is 0 Å². The Morgan fingerprint density at radius 2 is 1.65 bits per heavy atom. The number of carbonyl (C=O) groups is 3. The van der Waals surface area contributed by atoms with Crippen molar-refractivity contribution in [3.05, 3.63) is 35.9 Å². The molecule has 0 aromatic heterocycles. The van der Waals surface area contributed by atoms with Crippen LogP contribution in [0.25, 0.3) is 0 Å². The molecule has 106 valence electrons. The molecule has 1 aromatic carbocycles. The molecule has 0 atom stereocenters. The molecule has 0 radical (unpaired) electrons. The predicted octanol–water partition coefficient (Wildman–Crippen LogP) is 2.43. The number of nitrogens with zero attached hydrogens (tertiary/aromatic N) is 1. The average Bonchev–Trinajstić information content (AvgIpc) is 2.37. The van der Waals surface area contributed by atoms with E-state index < -0.39 is 0 Å². The number of amides is 2. The summed E-state index contributed by atoms with van der Waals surface area (Å²) in [6.45, 7) is 4.01. The number of likely N-dealkylation sites (tertiary alicyclic amines) is 1. The Labute approximate surface area is 118 Å². The Kier molecular flexibility index (Phi) is 4.02. The maximum atomic E-state index is 12.0. The quantitative estimate of drug-likeness (QED) is 0.625. The summed E-state index contributed by atoms with van der Waals surface area (Å²) in [5, 5.41) is 0. The Bertz CT molecular complexity index is 514. The van der Waals surface area contributed by atoms with Crippen LogP contribution in [0.2, 0.25) is 0 Å². The van der Waals surface area contributed by atoms with Gasteiger partial charge in [0.15, 0.2) is 5.78 Å². The van der Waals surface area contributed by atoms with Gasteiger partial charge in [0.2, 0.25) is 11.8 Å². The van der Waals surface area contributed by atoms with Crippen molar-refractivity contribution >= 4 is 17.6 Å². The number of rotatable bonds is 4. The fourth-order valence-electron chi connectivity index (χ4n) is 2.44. The van der Waals surface area contributed by atoms with Crippen LogP contribution in [0.15, 0.2) is 30.3 Å². The van der Waals surface area contributed by atoms with Gasteiger partial charge in [-0.25, -0.2) is 0 Å². The van der Waals surface area contributed by atoms with E-state index >= 15 is 0 Å². The molecule has 1 aromatic rings. The first kappa shape index (κ1) is 14.4. The van der Waals surface area contributed by atoms with Crippen LogP contribution < -0.4 is 0 Å². The van der Waals surface area contributed by atoms with Gasteiger partial charge in [-0.2, -0.15) is 0 Å². The number of imide groups is 1. The fraction of sp³-hybridized carbons (Fsp3) is 0.438. The van der Waals surface area contributed by atoms with E-state index in [1.807, 2.05) is 19.9 Å². The smallest absolute Gasteiger partial charge is 0.229 e. The highest BCUT2D eigenvalue weighted by Gasteiger charge is 2.37. The van der Waals surface area contributed by atoms with Crippen LogP contribution in [-0.2, 0) is 9.59 Å². The largest absolute Gasteiger partial charge is 0.294 e. The van der Waals surface area contributed by atoms with Gasteiger partial charge < -0.3 is 0 Å². The van der Waals surface area contributed by atoms with Gasteiger partial charge in [-0.15, -0.1) is 0 Å². The van der Waals surface area contributed by atoms with Crippen molar-refractivity contribution < 1.29 is 14.4 Å². The lowest BCUT2D eigenvalue weighted by atomic mass is 9.81. The molecule has 0 unspecified atom stereocenters. The third-order valence-electron chi connectivity index (χ3n) is 3.52. The summed E-state index contributed by atoms with van der Waals surface area (Å²) in [6, 6.07) is 8.92. The third kappa shape index (κ3) is 3.32. The molecule has 0 aliphatic carbocycles. The number of hydrogen-bond donors (Lipinski definition) is 0. The van der Waals surface area contributed by atoms with E-state index in [0.29, 0.717) is 18.4 Å². The molecule has 20 heavy (non-hydrogen) atoms. The van der Waals surface area contributed by atoms with Crippen molar-refractivity contribution in [2.24, 2.45) is 5.41 Å². The molecule has 4 heteroatoms. The predicted molar refractivity (Wildman–Crippen MR) is 75.1 cm³/mol. The minimum Gasteiger partial charge on any atom is -0.294 e. The summed E-state index contributed by atoms with van der Waals surface area (Å²) in [5.41, 5.74) is 0.346. The van der Waals surface area contributed by atoms with Crippen molar-refractivity contribution in [2.75, 3.05) is 6.54 Å². The zero-order chi connectivity index (χ0) is 14.8. The molecule has 0 bridgehead atoms. The van der Waals surface area contributed by atoms with Crippen molar-refractivity contribution in [1.29, 1.82) is 0 Å². The fourth-order valence-corrected chi connectivity index (χ4v) is 2.44. The second kappa shape index (κ2) is 5.57. The molecular formula is C16H19NO3. The summed E-state index contributed by atoms with van der Waals surface area (Å²) < 4.78 is 0. The number of ketones is 1. The summed E-state index contributed by atoms with van der Waals surface area (Å²) in [6.07, 6.45) is 0.901. The van der Waals surface area contributed by atoms with Crippen molar-refractivity contribution in [1.82, 2.24) is 4.90 Å². The lowest BCUT2D eigenvalue weighted by Crippen LogP contribution is -2.46. The van der Waals surface area contributed by atoms with E-state index in [0.717, 1.165) is 0 Å². The van der Waals surface area contributed by atoms with Crippen LogP contribution in [0.3, 0.4) is 0 Å². The number of piperidine rings is 1. The molecule has 4 nitrogen and oxygen atoms in total. The topological polar surface area (TPSA) is 54.5 Å². The lowest BCUT2D eigenvalue weighted by Gasteiger charge is -2.34. The van der Waals surface area contributed by atoms with Crippen LogP contribution in [0.4, 0.5) is 0 Å². The van der Waals surface area contributed by atoms with E-state index in [1.165, 1.54) is 4.90 Å². The highest BCUT2D eigenvalue weighted by Crippen LogP contribution is 2.31. The minimum absolute atomic E-state index is 0.0453. The van der Waals surface area contributed by atoms with Crippen molar-refractivity contribution in [3.8, 4) is 0 Å². The van der Waals surface area contributed by atoms with Crippen LogP contribution >= 0.6 is 0 Å². The van der Waals surface area contributed by atoms with Gasteiger partial charge >= 0.3 is 0 Å². The second-order valence-corrected chi connectivity index (χ2v) is 6.00. The minimum atomic E-state index is -0.270. The van der Waals surface area contributed by atoms with Gasteiger partial charge in [-0.05, 0) is 5.41 Å². The summed E-state index contributed by atoms with van der Waals surface area (Å²) in [5.74, 6) is -0.393. The van der Waals surface area contributed by atoms with Crippen LogP contribution in [0.5, 0.6) is 0 Å². The second-order valence-electron chi connectivity index (χ2n) is 6.00. The summed E-state index contributed by atoms with van der Waals surface area (Å²) >= 11 is 0. The number of carbonyl (C=O) groups excluding carboxylic acids is 3. The van der Waals surface area contributed by atoms with Gasteiger partial charge in [-0.3, -0.25) is 19.3 Å². The summed E-state index contributed by atoms with van der Waals surface area (Å²) in [4.78, 5) is 37.1. The van der Waals surface area contributed by atoms with E-state index in [9.17, 15) is 14.4 Å². The van der Waals surface area contributed by atoms with Crippen LogP contribution in [0.1, 0.15) is 43.5 Å². The van der Waals surface area contributed by atoms with E-state index in [-0.39, 0.29) is 36.0 Å². The molecule has 2 rings (SSSR count). The van der Waals surface area contributed by atoms with Gasteiger partial charge in [0, 0.05) is 31.4 Å².